The second-order valence-corrected chi connectivity index (χ2v) is 6.28. The van der Waals surface area contributed by atoms with Gasteiger partial charge in [0, 0.05) is 19.2 Å². The molecule has 0 radical (unpaired) electrons. The molecule has 1 N–H and O–H groups in total. The maximum atomic E-state index is 12.8. The van der Waals surface area contributed by atoms with Crippen molar-refractivity contribution in [1.29, 1.82) is 0 Å². The lowest BCUT2D eigenvalue weighted by molar-refractivity contribution is 0.0907. The zero-order valence-corrected chi connectivity index (χ0v) is 14.8. The van der Waals surface area contributed by atoms with Crippen LogP contribution in [0.3, 0.4) is 0 Å². The quantitative estimate of drug-likeness (QED) is 0.744. The van der Waals surface area contributed by atoms with E-state index in [4.69, 9.17) is 9.15 Å². The zero-order chi connectivity index (χ0) is 18.0. The highest BCUT2D eigenvalue weighted by Gasteiger charge is 2.20. The highest BCUT2D eigenvalue weighted by Crippen LogP contribution is 2.26. The number of carbonyl (C=O) groups is 1. The molecule has 0 spiro atoms. The van der Waals surface area contributed by atoms with Crippen LogP contribution in [-0.2, 0) is 4.74 Å². The van der Waals surface area contributed by atoms with Crippen LogP contribution in [-0.4, -0.2) is 40.4 Å². The van der Waals surface area contributed by atoms with E-state index in [0.717, 1.165) is 0 Å². The van der Waals surface area contributed by atoms with E-state index in [9.17, 15) is 4.79 Å². The molecule has 1 amide bonds. The molecular weight excluding hydrogens is 320 g/mol. The number of carbonyl (C=O) groups excluding carboxylic acids is 1. The molecule has 132 valence electrons. The number of aromatic nitrogens is 3. The number of amides is 1. The first-order valence-electron chi connectivity index (χ1n) is 8.23. The van der Waals surface area contributed by atoms with E-state index in [0.29, 0.717) is 34.7 Å². The Morgan fingerprint density at radius 1 is 1.40 bits per heavy atom. The molecule has 3 aromatic rings. The molecule has 0 saturated carbocycles. The summed E-state index contributed by atoms with van der Waals surface area (Å²) in [6.45, 7) is 6.38. The molecule has 0 fully saturated rings. The van der Waals surface area contributed by atoms with Gasteiger partial charge in [-0.1, -0.05) is 0 Å². The Labute approximate surface area is 146 Å². The molecule has 0 aliphatic rings. The summed E-state index contributed by atoms with van der Waals surface area (Å²) in [5.74, 6) is 0.422. The number of pyridine rings is 1. The Bertz CT molecular complexity index is 868. The van der Waals surface area contributed by atoms with Gasteiger partial charge in [-0.15, -0.1) is 0 Å². The number of hydrogen-bond acceptors (Lipinski definition) is 5. The van der Waals surface area contributed by atoms with Crippen LogP contribution in [0.2, 0.25) is 0 Å². The van der Waals surface area contributed by atoms with Crippen molar-refractivity contribution in [2.75, 3.05) is 13.7 Å². The third kappa shape index (κ3) is 3.41. The van der Waals surface area contributed by atoms with Crippen molar-refractivity contribution in [3.05, 3.63) is 36.2 Å². The van der Waals surface area contributed by atoms with Gasteiger partial charge in [-0.2, -0.15) is 5.10 Å². The summed E-state index contributed by atoms with van der Waals surface area (Å²) in [5, 5.41) is 8.05. The molecule has 0 aliphatic heterocycles. The topological polar surface area (TPSA) is 82.2 Å². The first-order valence-corrected chi connectivity index (χ1v) is 8.23. The van der Waals surface area contributed by atoms with E-state index in [1.165, 1.54) is 0 Å². The van der Waals surface area contributed by atoms with E-state index < -0.39 is 0 Å². The molecule has 1 unspecified atom stereocenters. The van der Waals surface area contributed by atoms with E-state index >= 15 is 0 Å². The minimum atomic E-state index is -0.187. The lowest BCUT2D eigenvalue weighted by Gasteiger charge is -2.14. The van der Waals surface area contributed by atoms with E-state index in [1.807, 2.05) is 26.8 Å². The average Bonchev–Trinajstić information content (AvgIpc) is 3.23. The number of nitrogens with one attached hydrogen (secondary N) is 1. The Kier molecular flexibility index (Phi) is 4.85. The molecule has 3 aromatic heterocycles. The lowest BCUT2D eigenvalue weighted by atomic mass is 10.1. The molecule has 1 atom stereocenters. The Morgan fingerprint density at radius 2 is 2.20 bits per heavy atom. The number of hydrogen-bond donors (Lipinski definition) is 1. The molecule has 3 rings (SSSR count). The standard InChI is InChI=1S/C18H22N4O3/c1-11(2)22-17-14(9-19-22)13(18(23)20-12(3)10-24-4)8-15(21-17)16-6-5-7-25-16/h5-9,11-12H,10H2,1-4H3,(H,20,23). The molecule has 3 heterocycles. The van der Waals surface area contributed by atoms with E-state index in [-0.39, 0.29) is 18.0 Å². The van der Waals surface area contributed by atoms with Crippen LogP contribution in [0.1, 0.15) is 37.2 Å². The third-order valence-electron chi connectivity index (χ3n) is 3.87. The molecule has 25 heavy (non-hydrogen) atoms. The van der Waals surface area contributed by atoms with Crippen LogP contribution in [0.15, 0.2) is 35.1 Å². The van der Waals surface area contributed by atoms with Crippen molar-refractivity contribution in [3.63, 3.8) is 0 Å². The molecule has 0 saturated heterocycles. The number of rotatable bonds is 6. The Balaban J connectivity index is 2.11. The van der Waals surface area contributed by atoms with Gasteiger partial charge in [-0.25, -0.2) is 9.67 Å². The van der Waals surface area contributed by atoms with Gasteiger partial charge in [0.05, 0.1) is 30.0 Å². The van der Waals surface area contributed by atoms with Crippen molar-refractivity contribution in [2.24, 2.45) is 0 Å². The van der Waals surface area contributed by atoms with Gasteiger partial charge in [0.2, 0.25) is 0 Å². The average molecular weight is 342 g/mol. The second-order valence-electron chi connectivity index (χ2n) is 6.28. The summed E-state index contributed by atoms with van der Waals surface area (Å²) in [6.07, 6.45) is 3.27. The summed E-state index contributed by atoms with van der Waals surface area (Å²) in [5.41, 5.74) is 1.78. The van der Waals surface area contributed by atoms with E-state index in [2.05, 4.69) is 15.4 Å². The predicted molar refractivity (Wildman–Crippen MR) is 94.4 cm³/mol. The van der Waals surface area contributed by atoms with Gasteiger partial charge in [0.1, 0.15) is 5.69 Å². The maximum Gasteiger partial charge on any atom is 0.252 e. The minimum absolute atomic E-state index is 0.104. The Hall–Kier alpha value is -2.67. The van der Waals surface area contributed by atoms with Gasteiger partial charge < -0.3 is 14.5 Å². The van der Waals surface area contributed by atoms with Crippen LogP contribution in [0.4, 0.5) is 0 Å². The van der Waals surface area contributed by atoms with Crippen LogP contribution < -0.4 is 5.32 Å². The van der Waals surface area contributed by atoms with Crippen molar-refractivity contribution < 1.29 is 13.9 Å². The fourth-order valence-electron chi connectivity index (χ4n) is 2.73. The summed E-state index contributed by atoms with van der Waals surface area (Å²) in [7, 11) is 1.61. The van der Waals surface area contributed by atoms with Gasteiger partial charge in [-0.05, 0) is 39.0 Å². The SMILES string of the molecule is COCC(C)NC(=O)c1cc(-c2ccco2)nc2c1cnn2C(C)C. The van der Waals surface area contributed by atoms with Crippen LogP contribution >= 0.6 is 0 Å². The van der Waals surface area contributed by atoms with Crippen LogP contribution in [0.25, 0.3) is 22.5 Å². The summed E-state index contributed by atoms with van der Waals surface area (Å²) in [4.78, 5) is 17.4. The second kappa shape index (κ2) is 7.06. The fraction of sp³-hybridized carbons (Fsp3) is 0.389. The first-order chi connectivity index (χ1) is 12.0. The monoisotopic (exact) mass is 342 g/mol. The van der Waals surface area contributed by atoms with E-state index in [1.54, 1.807) is 36.4 Å². The molecule has 0 aliphatic carbocycles. The summed E-state index contributed by atoms with van der Waals surface area (Å²) in [6, 6.07) is 5.37. The molecule has 7 nitrogen and oxygen atoms in total. The number of ether oxygens (including phenoxy) is 1. The minimum Gasteiger partial charge on any atom is -0.463 e. The number of furan rings is 1. The summed E-state index contributed by atoms with van der Waals surface area (Å²) < 4.78 is 12.3. The molecule has 0 bridgehead atoms. The molecular formula is C18H22N4O3. The summed E-state index contributed by atoms with van der Waals surface area (Å²) >= 11 is 0. The number of fused-ring (bicyclic) bond motifs is 1. The van der Waals surface area contributed by atoms with Gasteiger partial charge >= 0.3 is 0 Å². The normalized spacial score (nSPS) is 12.7. The van der Waals surface area contributed by atoms with Crippen LogP contribution in [0.5, 0.6) is 0 Å². The number of methoxy groups -OCH3 is 1. The van der Waals surface area contributed by atoms with Crippen molar-refractivity contribution in [3.8, 4) is 11.5 Å². The smallest absolute Gasteiger partial charge is 0.252 e. The zero-order valence-electron chi connectivity index (χ0n) is 14.8. The van der Waals surface area contributed by atoms with Crippen molar-refractivity contribution in [1.82, 2.24) is 20.1 Å². The Morgan fingerprint density at radius 3 is 2.84 bits per heavy atom. The number of nitrogens with zero attached hydrogens (tertiary/aromatic N) is 3. The first kappa shape index (κ1) is 17.2. The van der Waals surface area contributed by atoms with Crippen LogP contribution in [0, 0.1) is 0 Å². The molecule has 0 aromatic carbocycles. The fourth-order valence-corrected chi connectivity index (χ4v) is 2.73. The van der Waals surface area contributed by atoms with Crippen molar-refractivity contribution >= 4 is 16.9 Å². The lowest BCUT2D eigenvalue weighted by Crippen LogP contribution is -2.35. The molecule has 7 heteroatoms. The van der Waals surface area contributed by atoms with Gasteiger partial charge in [0.25, 0.3) is 5.91 Å². The largest absolute Gasteiger partial charge is 0.463 e. The highest BCUT2D eigenvalue weighted by molar-refractivity contribution is 6.06. The maximum absolute atomic E-state index is 12.8. The van der Waals surface area contributed by atoms with Gasteiger partial charge in [-0.3, -0.25) is 4.79 Å². The van der Waals surface area contributed by atoms with Gasteiger partial charge in [0.15, 0.2) is 11.4 Å². The predicted octanol–water partition coefficient (Wildman–Crippen LogP) is 3.04. The van der Waals surface area contributed by atoms with Crippen molar-refractivity contribution in [2.45, 2.75) is 32.9 Å². The highest BCUT2D eigenvalue weighted by atomic mass is 16.5. The third-order valence-corrected chi connectivity index (χ3v) is 3.87.